The molecule has 0 radical (unpaired) electrons. The zero-order valence-corrected chi connectivity index (χ0v) is 9.10. The first-order chi connectivity index (χ1) is 7.93. The van der Waals surface area contributed by atoms with Crippen molar-refractivity contribution in [1.29, 1.82) is 0 Å². The van der Waals surface area contributed by atoms with Gasteiger partial charge in [-0.2, -0.15) is 0 Å². The van der Waals surface area contributed by atoms with Crippen molar-refractivity contribution in [3.8, 4) is 5.75 Å². The minimum absolute atomic E-state index is 0.513. The Morgan fingerprint density at radius 2 is 1.69 bits per heavy atom. The Morgan fingerprint density at radius 3 is 2.56 bits per heavy atom. The molecular weight excluding hydrogens is 196 g/mol. The quantitative estimate of drug-likeness (QED) is 0.738. The maximum atomic E-state index is 5.68. The molecule has 0 amide bonds. The van der Waals surface area contributed by atoms with Crippen LogP contribution in [0.5, 0.6) is 5.75 Å². The van der Waals surface area contributed by atoms with Gasteiger partial charge in [-0.25, -0.2) is 0 Å². The van der Waals surface area contributed by atoms with Crippen LogP contribution in [0.4, 0.5) is 0 Å². The molecule has 16 heavy (non-hydrogen) atoms. The van der Waals surface area contributed by atoms with Gasteiger partial charge >= 0.3 is 0 Å². The number of para-hydroxylation sites is 1. The average molecular weight is 210 g/mol. The normalized spacial score (nSPS) is 17.9. The monoisotopic (exact) mass is 210 g/mol. The lowest BCUT2D eigenvalue weighted by Gasteiger charge is -2.08. The molecule has 3 rings (SSSR count). The molecule has 1 heterocycles. The van der Waals surface area contributed by atoms with Crippen LogP contribution < -0.4 is 4.74 Å². The molecular formula is C15H14O. The zero-order chi connectivity index (χ0) is 10.8. The summed E-state index contributed by atoms with van der Waals surface area (Å²) in [6.07, 6.45) is 1.07. The van der Waals surface area contributed by atoms with Crippen LogP contribution in [-0.2, 0) is 6.42 Å². The summed E-state index contributed by atoms with van der Waals surface area (Å²) in [5.41, 5.74) is 2.74. The first kappa shape index (κ1) is 9.46. The van der Waals surface area contributed by atoms with E-state index >= 15 is 0 Å². The number of ether oxygens (including phenoxy) is 1. The highest BCUT2D eigenvalue weighted by Crippen LogP contribution is 2.35. The highest BCUT2D eigenvalue weighted by Gasteiger charge is 2.23. The summed E-state index contributed by atoms with van der Waals surface area (Å²) < 4.78 is 5.68. The lowest BCUT2D eigenvalue weighted by Crippen LogP contribution is -2.04. The molecule has 1 aliphatic heterocycles. The molecule has 0 aromatic heterocycles. The highest BCUT2D eigenvalue weighted by atomic mass is 16.5. The van der Waals surface area contributed by atoms with Crippen LogP contribution in [-0.4, -0.2) is 6.61 Å². The number of rotatable bonds is 2. The van der Waals surface area contributed by atoms with Crippen LogP contribution in [0.25, 0.3) is 0 Å². The number of hydrogen-bond acceptors (Lipinski definition) is 1. The van der Waals surface area contributed by atoms with Crippen molar-refractivity contribution >= 4 is 0 Å². The summed E-state index contributed by atoms with van der Waals surface area (Å²) in [7, 11) is 0. The largest absolute Gasteiger partial charge is 0.493 e. The molecule has 0 bridgehead atoms. The number of benzene rings is 2. The molecule has 1 atom stereocenters. The van der Waals surface area contributed by atoms with E-state index in [1.54, 1.807) is 0 Å². The Bertz CT molecular complexity index is 476. The Balaban J connectivity index is 1.84. The molecule has 1 heteroatoms. The minimum Gasteiger partial charge on any atom is -0.493 e. The van der Waals surface area contributed by atoms with E-state index in [1.165, 1.54) is 11.1 Å². The third-order valence-corrected chi connectivity index (χ3v) is 3.12. The van der Waals surface area contributed by atoms with Crippen molar-refractivity contribution < 1.29 is 4.74 Å². The fourth-order valence-corrected chi connectivity index (χ4v) is 2.30. The van der Waals surface area contributed by atoms with E-state index in [9.17, 15) is 0 Å². The molecule has 0 spiro atoms. The van der Waals surface area contributed by atoms with Gasteiger partial charge in [0.15, 0.2) is 0 Å². The van der Waals surface area contributed by atoms with Gasteiger partial charge in [0.25, 0.3) is 0 Å². The molecule has 1 nitrogen and oxygen atoms in total. The lowest BCUT2D eigenvalue weighted by atomic mass is 9.94. The third kappa shape index (κ3) is 1.69. The van der Waals surface area contributed by atoms with Crippen LogP contribution in [0.2, 0.25) is 0 Å². The van der Waals surface area contributed by atoms with Crippen LogP contribution >= 0.6 is 0 Å². The van der Waals surface area contributed by atoms with Crippen LogP contribution in [0.3, 0.4) is 0 Å². The second-order valence-corrected chi connectivity index (χ2v) is 4.24. The predicted octanol–water partition coefficient (Wildman–Crippen LogP) is 3.41. The Kier molecular flexibility index (Phi) is 2.37. The van der Waals surface area contributed by atoms with Crippen molar-refractivity contribution in [1.82, 2.24) is 0 Å². The molecule has 0 aliphatic carbocycles. The Labute approximate surface area is 95.7 Å². The summed E-state index contributed by atoms with van der Waals surface area (Å²) in [5.74, 6) is 1.57. The minimum atomic E-state index is 0.513. The summed E-state index contributed by atoms with van der Waals surface area (Å²) in [4.78, 5) is 0. The van der Waals surface area contributed by atoms with E-state index in [0.717, 1.165) is 18.8 Å². The van der Waals surface area contributed by atoms with E-state index in [1.807, 2.05) is 6.07 Å². The lowest BCUT2D eigenvalue weighted by molar-refractivity contribution is 0.330. The van der Waals surface area contributed by atoms with Gasteiger partial charge in [-0.1, -0.05) is 48.5 Å². The summed E-state index contributed by atoms with van der Waals surface area (Å²) >= 11 is 0. The van der Waals surface area contributed by atoms with Gasteiger partial charge in [0.1, 0.15) is 5.75 Å². The Morgan fingerprint density at radius 1 is 0.938 bits per heavy atom. The van der Waals surface area contributed by atoms with Crippen molar-refractivity contribution in [2.24, 2.45) is 0 Å². The molecule has 0 unspecified atom stereocenters. The molecule has 1 aliphatic rings. The molecule has 2 aromatic rings. The maximum Gasteiger partial charge on any atom is 0.122 e. The fourth-order valence-electron chi connectivity index (χ4n) is 2.30. The van der Waals surface area contributed by atoms with Gasteiger partial charge in [-0.05, 0) is 18.1 Å². The molecule has 0 N–H and O–H groups in total. The highest BCUT2D eigenvalue weighted by molar-refractivity contribution is 5.40. The zero-order valence-electron chi connectivity index (χ0n) is 9.10. The van der Waals surface area contributed by atoms with Crippen molar-refractivity contribution in [3.05, 3.63) is 65.7 Å². The van der Waals surface area contributed by atoms with Gasteiger partial charge < -0.3 is 4.74 Å². The van der Waals surface area contributed by atoms with Crippen molar-refractivity contribution in [2.75, 3.05) is 6.61 Å². The fraction of sp³-hybridized carbons (Fsp3) is 0.200. The second kappa shape index (κ2) is 4.01. The van der Waals surface area contributed by atoms with E-state index in [-0.39, 0.29) is 0 Å². The average Bonchev–Trinajstić information content (AvgIpc) is 2.74. The topological polar surface area (TPSA) is 9.23 Å². The molecule has 0 saturated heterocycles. The SMILES string of the molecule is c1ccc(C[C@@H]2COc3ccccc32)cc1. The van der Waals surface area contributed by atoms with Gasteiger partial charge in [0.2, 0.25) is 0 Å². The second-order valence-electron chi connectivity index (χ2n) is 4.24. The Hall–Kier alpha value is -1.76. The first-order valence-electron chi connectivity index (χ1n) is 5.69. The van der Waals surface area contributed by atoms with E-state index in [0.29, 0.717) is 5.92 Å². The predicted molar refractivity (Wildman–Crippen MR) is 64.8 cm³/mol. The number of hydrogen-bond donors (Lipinski definition) is 0. The smallest absolute Gasteiger partial charge is 0.122 e. The van der Waals surface area contributed by atoms with Gasteiger partial charge in [0.05, 0.1) is 6.61 Å². The summed E-state index contributed by atoms with van der Waals surface area (Å²) in [5, 5.41) is 0. The van der Waals surface area contributed by atoms with Gasteiger partial charge in [-0.3, -0.25) is 0 Å². The van der Waals surface area contributed by atoms with Crippen molar-refractivity contribution in [2.45, 2.75) is 12.3 Å². The van der Waals surface area contributed by atoms with Crippen LogP contribution in [0.1, 0.15) is 17.0 Å². The van der Waals surface area contributed by atoms with Crippen LogP contribution in [0.15, 0.2) is 54.6 Å². The van der Waals surface area contributed by atoms with Gasteiger partial charge in [-0.15, -0.1) is 0 Å². The molecule has 80 valence electrons. The van der Waals surface area contributed by atoms with E-state index in [4.69, 9.17) is 4.74 Å². The van der Waals surface area contributed by atoms with E-state index < -0.39 is 0 Å². The third-order valence-electron chi connectivity index (χ3n) is 3.12. The van der Waals surface area contributed by atoms with Crippen molar-refractivity contribution in [3.63, 3.8) is 0 Å². The number of fused-ring (bicyclic) bond motifs is 1. The van der Waals surface area contributed by atoms with Crippen LogP contribution in [0, 0.1) is 0 Å². The first-order valence-corrected chi connectivity index (χ1v) is 5.69. The molecule has 0 saturated carbocycles. The molecule has 0 fully saturated rings. The van der Waals surface area contributed by atoms with Gasteiger partial charge in [0, 0.05) is 11.5 Å². The maximum absolute atomic E-state index is 5.68. The summed E-state index contributed by atoms with van der Waals surface area (Å²) in [6, 6.07) is 19.0. The standard InChI is InChI=1S/C15H14O/c1-2-6-12(7-3-1)10-13-11-16-15-9-5-4-8-14(13)15/h1-9,13H,10-11H2/t13-/m1/s1. The molecule has 2 aromatic carbocycles. The van der Waals surface area contributed by atoms with E-state index in [2.05, 4.69) is 48.5 Å². The summed E-state index contributed by atoms with van der Waals surface area (Å²) in [6.45, 7) is 0.814.